The smallest absolute Gasteiger partial charge is 0.230 e. The zero-order valence-corrected chi connectivity index (χ0v) is 21.0. The van der Waals surface area contributed by atoms with E-state index in [1.54, 1.807) is 0 Å². The Kier molecular flexibility index (Phi) is 7.44. The van der Waals surface area contributed by atoms with Crippen molar-refractivity contribution < 1.29 is 4.79 Å². The molecular formula is C26H34N4OS. The minimum absolute atomic E-state index is 0.00612. The first kappa shape index (κ1) is 24.1. The van der Waals surface area contributed by atoms with Crippen molar-refractivity contribution in [2.75, 3.05) is 5.75 Å². The summed E-state index contributed by atoms with van der Waals surface area (Å²) >= 11 is 1.41. The first-order valence-corrected chi connectivity index (χ1v) is 12.1. The predicted octanol–water partition coefficient (Wildman–Crippen LogP) is 5.79. The summed E-state index contributed by atoms with van der Waals surface area (Å²) in [4.78, 5) is 12.5. The fourth-order valence-electron chi connectivity index (χ4n) is 3.29. The van der Waals surface area contributed by atoms with Crippen molar-refractivity contribution >= 4 is 17.7 Å². The molecule has 1 amide bonds. The Balaban J connectivity index is 1.95. The van der Waals surface area contributed by atoms with E-state index in [1.165, 1.54) is 17.3 Å². The van der Waals surface area contributed by atoms with E-state index in [4.69, 9.17) is 0 Å². The first-order chi connectivity index (χ1) is 15.1. The molecule has 1 atom stereocenters. The molecule has 170 valence electrons. The molecule has 3 aromatic rings. The number of thioether (sulfide) groups is 1. The van der Waals surface area contributed by atoms with Crippen molar-refractivity contribution in [1.82, 2.24) is 20.1 Å². The van der Waals surface area contributed by atoms with Crippen LogP contribution in [-0.2, 0) is 10.2 Å². The normalized spacial score (nSPS) is 12.8. The molecule has 3 rings (SSSR count). The lowest BCUT2D eigenvalue weighted by atomic mass is 9.87. The van der Waals surface area contributed by atoms with Gasteiger partial charge in [0, 0.05) is 11.6 Å². The highest BCUT2D eigenvalue weighted by molar-refractivity contribution is 7.99. The van der Waals surface area contributed by atoms with Gasteiger partial charge in [-0.2, -0.15) is 0 Å². The van der Waals surface area contributed by atoms with Crippen molar-refractivity contribution in [3.63, 3.8) is 0 Å². The molecule has 0 saturated heterocycles. The SMILES string of the molecule is Cc1ccccc1-n1c(SCC(=O)NC(C)C(C)C)nnc1-c1ccc(C(C)(C)C)cc1. The molecule has 0 aliphatic carbocycles. The number of carbonyl (C=O) groups excluding carboxylic acids is 1. The van der Waals surface area contributed by atoms with Gasteiger partial charge in [0.25, 0.3) is 0 Å². The van der Waals surface area contributed by atoms with Gasteiger partial charge >= 0.3 is 0 Å². The fraction of sp³-hybridized carbons (Fsp3) is 0.423. The van der Waals surface area contributed by atoms with Crippen molar-refractivity contribution in [3.8, 4) is 17.1 Å². The molecule has 0 aliphatic heterocycles. The second-order valence-electron chi connectivity index (χ2n) is 9.64. The van der Waals surface area contributed by atoms with Gasteiger partial charge in [0.2, 0.25) is 5.91 Å². The van der Waals surface area contributed by atoms with Crippen LogP contribution in [0.3, 0.4) is 0 Å². The van der Waals surface area contributed by atoms with Crippen LogP contribution in [0.15, 0.2) is 53.7 Å². The minimum Gasteiger partial charge on any atom is -0.353 e. The van der Waals surface area contributed by atoms with Gasteiger partial charge in [0.15, 0.2) is 11.0 Å². The molecule has 1 N–H and O–H groups in total. The maximum atomic E-state index is 12.5. The van der Waals surface area contributed by atoms with Crippen LogP contribution in [0.4, 0.5) is 0 Å². The first-order valence-electron chi connectivity index (χ1n) is 11.1. The molecule has 1 unspecified atom stereocenters. The third-order valence-electron chi connectivity index (χ3n) is 5.72. The zero-order valence-electron chi connectivity index (χ0n) is 20.1. The molecule has 0 radical (unpaired) electrons. The van der Waals surface area contributed by atoms with Crippen LogP contribution in [-0.4, -0.2) is 32.5 Å². The van der Waals surface area contributed by atoms with E-state index in [1.807, 2.05) is 19.1 Å². The third kappa shape index (κ3) is 5.60. The van der Waals surface area contributed by atoms with Gasteiger partial charge in [-0.3, -0.25) is 9.36 Å². The predicted molar refractivity (Wildman–Crippen MR) is 133 cm³/mol. The van der Waals surface area contributed by atoms with Crippen LogP contribution in [0.5, 0.6) is 0 Å². The number of aromatic nitrogens is 3. The van der Waals surface area contributed by atoms with Gasteiger partial charge in [-0.15, -0.1) is 10.2 Å². The molecule has 5 nitrogen and oxygen atoms in total. The summed E-state index contributed by atoms with van der Waals surface area (Å²) in [6.07, 6.45) is 0. The number of amides is 1. The Morgan fingerprint density at radius 3 is 2.28 bits per heavy atom. The summed E-state index contributed by atoms with van der Waals surface area (Å²) in [5.74, 6) is 1.47. The van der Waals surface area contributed by atoms with Gasteiger partial charge < -0.3 is 5.32 Å². The molecule has 2 aromatic carbocycles. The van der Waals surface area contributed by atoms with Crippen molar-refractivity contribution in [3.05, 3.63) is 59.7 Å². The van der Waals surface area contributed by atoms with Gasteiger partial charge in [0.05, 0.1) is 11.4 Å². The number of nitrogens with one attached hydrogen (secondary N) is 1. The molecule has 0 spiro atoms. The van der Waals surface area contributed by atoms with Crippen molar-refractivity contribution in [2.45, 2.75) is 65.1 Å². The van der Waals surface area contributed by atoms with Crippen molar-refractivity contribution in [2.24, 2.45) is 5.92 Å². The van der Waals surface area contributed by atoms with E-state index < -0.39 is 0 Å². The second kappa shape index (κ2) is 9.90. The average molecular weight is 451 g/mol. The largest absolute Gasteiger partial charge is 0.353 e. The molecule has 0 aliphatic rings. The summed E-state index contributed by atoms with van der Waals surface area (Å²) in [5, 5.41) is 12.8. The number of para-hydroxylation sites is 1. The monoisotopic (exact) mass is 450 g/mol. The van der Waals surface area contributed by atoms with Crippen LogP contribution >= 0.6 is 11.8 Å². The molecule has 0 saturated carbocycles. The zero-order chi connectivity index (χ0) is 23.5. The standard InChI is InChI=1S/C26H34N4OS/c1-17(2)19(4)27-23(31)16-32-25-29-28-24(30(25)22-11-9-8-10-18(22)3)20-12-14-21(15-13-20)26(5,6)7/h8-15,17,19H,16H2,1-7H3,(H,27,31). The number of hydrogen-bond donors (Lipinski definition) is 1. The number of carbonyl (C=O) groups is 1. The molecule has 6 heteroatoms. The maximum absolute atomic E-state index is 12.5. The summed E-state index contributed by atoms with van der Waals surface area (Å²) in [7, 11) is 0. The Morgan fingerprint density at radius 1 is 1.03 bits per heavy atom. The minimum atomic E-state index is 0.00612. The summed E-state index contributed by atoms with van der Waals surface area (Å²) < 4.78 is 2.06. The van der Waals surface area contributed by atoms with Crippen LogP contribution in [0, 0.1) is 12.8 Å². The number of nitrogens with zero attached hydrogens (tertiary/aromatic N) is 3. The van der Waals surface area contributed by atoms with E-state index in [2.05, 4.69) is 98.0 Å². The van der Waals surface area contributed by atoms with Gasteiger partial charge in [-0.25, -0.2) is 0 Å². The van der Waals surface area contributed by atoms with Gasteiger partial charge in [0.1, 0.15) is 0 Å². The van der Waals surface area contributed by atoms with Crippen LogP contribution in [0.2, 0.25) is 0 Å². The van der Waals surface area contributed by atoms with Crippen LogP contribution in [0.1, 0.15) is 52.7 Å². The van der Waals surface area contributed by atoms with E-state index in [0.717, 1.165) is 22.6 Å². The summed E-state index contributed by atoms with van der Waals surface area (Å²) in [6.45, 7) is 14.9. The van der Waals surface area contributed by atoms with Crippen molar-refractivity contribution in [1.29, 1.82) is 0 Å². The molecule has 0 fully saturated rings. The van der Waals surface area contributed by atoms with E-state index in [-0.39, 0.29) is 17.4 Å². The lowest BCUT2D eigenvalue weighted by molar-refractivity contribution is -0.119. The van der Waals surface area contributed by atoms with Crippen LogP contribution < -0.4 is 5.32 Å². The number of aryl methyl sites for hydroxylation is 1. The summed E-state index contributed by atoms with van der Waals surface area (Å²) in [6, 6.07) is 16.8. The number of rotatable bonds is 7. The Morgan fingerprint density at radius 2 is 1.69 bits per heavy atom. The lowest BCUT2D eigenvalue weighted by Gasteiger charge is -2.19. The highest BCUT2D eigenvalue weighted by atomic mass is 32.2. The fourth-order valence-corrected chi connectivity index (χ4v) is 4.05. The van der Waals surface area contributed by atoms with Crippen LogP contribution in [0.25, 0.3) is 17.1 Å². The highest BCUT2D eigenvalue weighted by Gasteiger charge is 2.20. The van der Waals surface area contributed by atoms with E-state index in [9.17, 15) is 4.79 Å². The lowest BCUT2D eigenvalue weighted by Crippen LogP contribution is -2.37. The highest BCUT2D eigenvalue weighted by Crippen LogP contribution is 2.31. The molecular weight excluding hydrogens is 416 g/mol. The Labute approximate surface area is 196 Å². The Bertz CT molecular complexity index is 1060. The van der Waals surface area contributed by atoms with E-state index >= 15 is 0 Å². The van der Waals surface area contributed by atoms with Gasteiger partial charge in [-0.05, 0) is 42.4 Å². The molecule has 1 aromatic heterocycles. The summed E-state index contributed by atoms with van der Waals surface area (Å²) in [5.41, 5.74) is 4.50. The average Bonchev–Trinajstić information content (AvgIpc) is 3.15. The number of hydrogen-bond acceptors (Lipinski definition) is 4. The third-order valence-corrected chi connectivity index (χ3v) is 6.65. The maximum Gasteiger partial charge on any atom is 0.230 e. The van der Waals surface area contributed by atoms with Gasteiger partial charge in [-0.1, -0.05) is 88.8 Å². The Hall–Kier alpha value is -2.60. The molecule has 32 heavy (non-hydrogen) atoms. The topological polar surface area (TPSA) is 59.8 Å². The molecule has 1 heterocycles. The van der Waals surface area contributed by atoms with E-state index in [0.29, 0.717) is 16.8 Å². The number of benzene rings is 2. The second-order valence-corrected chi connectivity index (χ2v) is 10.6. The quantitative estimate of drug-likeness (QED) is 0.463. The molecule has 0 bridgehead atoms.